The summed E-state index contributed by atoms with van der Waals surface area (Å²) in [5, 5.41) is 5.20. The molecular formula is C48H34N2S. The molecule has 51 heavy (non-hydrogen) atoms. The number of hydrogen-bond acceptors (Lipinski definition) is 2. The molecule has 0 N–H and O–H groups in total. The van der Waals surface area contributed by atoms with Crippen molar-refractivity contribution in [2.45, 2.75) is 12.3 Å². The summed E-state index contributed by atoms with van der Waals surface area (Å²) in [6.45, 7) is 0. The van der Waals surface area contributed by atoms with E-state index < -0.39 is 0 Å². The van der Waals surface area contributed by atoms with Crippen LogP contribution in [0.1, 0.15) is 17.9 Å². The molecule has 7 aromatic carbocycles. The number of thiophene rings is 1. The van der Waals surface area contributed by atoms with Crippen LogP contribution in [0, 0.1) is 0 Å². The first-order valence-corrected chi connectivity index (χ1v) is 18.4. The molecule has 0 aliphatic heterocycles. The molecule has 3 heteroatoms. The van der Waals surface area contributed by atoms with E-state index >= 15 is 0 Å². The average molecular weight is 671 g/mol. The van der Waals surface area contributed by atoms with Gasteiger partial charge in [0, 0.05) is 59.6 Å². The maximum absolute atomic E-state index is 2.43. The summed E-state index contributed by atoms with van der Waals surface area (Å²) in [7, 11) is 0. The number of allylic oxidation sites excluding steroid dienone is 3. The number of anilines is 2. The van der Waals surface area contributed by atoms with E-state index in [0.29, 0.717) is 5.92 Å². The second-order valence-corrected chi connectivity index (χ2v) is 14.3. The summed E-state index contributed by atoms with van der Waals surface area (Å²) < 4.78 is 5.15. The minimum absolute atomic E-state index is 0.325. The van der Waals surface area contributed by atoms with Crippen molar-refractivity contribution in [1.82, 2.24) is 4.57 Å². The highest BCUT2D eigenvalue weighted by atomic mass is 32.1. The molecule has 0 radical (unpaired) electrons. The van der Waals surface area contributed by atoms with Gasteiger partial charge in [0.05, 0.1) is 11.0 Å². The lowest BCUT2D eigenvalue weighted by Crippen LogP contribution is -2.17. The molecule has 1 unspecified atom stereocenters. The van der Waals surface area contributed by atoms with Crippen molar-refractivity contribution in [3.8, 4) is 16.8 Å². The summed E-state index contributed by atoms with van der Waals surface area (Å²) in [4.78, 5) is 2.42. The zero-order valence-electron chi connectivity index (χ0n) is 28.0. The first-order valence-electron chi connectivity index (χ1n) is 17.6. The SMILES string of the molecule is C1=CC(c2cccc3c2sc2ccccc23)CC=C1N(c1ccccc1)c1ccc2c(c1)c1cc(-c3ccccc3)ccc1n2-c1ccccc1. The summed E-state index contributed by atoms with van der Waals surface area (Å²) in [6.07, 6.45) is 8.11. The predicted octanol–water partition coefficient (Wildman–Crippen LogP) is 13.6. The van der Waals surface area contributed by atoms with Gasteiger partial charge in [0.15, 0.2) is 0 Å². The highest BCUT2D eigenvalue weighted by Gasteiger charge is 2.22. The number of aromatic nitrogens is 1. The van der Waals surface area contributed by atoms with Crippen molar-refractivity contribution in [3.05, 3.63) is 199 Å². The fourth-order valence-electron chi connectivity index (χ4n) is 7.91. The highest BCUT2D eigenvalue weighted by molar-refractivity contribution is 7.26. The summed E-state index contributed by atoms with van der Waals surface area (Å²) in [5.74, 6) is 0.325. The van der Waals surface area contributed by atoms with Crippen LogP contribution in [0.5, 0.6) is 0 Å². The topological polar surface area (TPSA) is 8.17 Å². The lowest BCUT2D eigenvalue weighted by atomic mass is 9.90. The molecule has 0 fully saturated rings. The van der Waals surface area contributed by atoms with Gasteiger partial charge in [0.25, 0.3) is 0 Å². The molecule has 0 amide bonds. The molecular weight excluding hydrogens is 637 g/mol. The third-order valence-electron chi connectivity index (χ3n) is 10.3. The third-order valence-corrected chi connectivity index (χ3v) is 11.6. The van der Waals surface area contributed by atoms with E-state index in [1.807, 2.05) is 11.3 Å². The molecule has 0 bridgehead atoms. The van der Waals surface area contributed by atoms with E-state index in [0.717, 1.165) is 23.5 Å². The number of rotatable bonds is 6. The van der Waals surface area contributed by atoms with E-state index in [-0.39, 0.29) is 0 Å². The first kappa shape index (κ1) is 29.7. The van der Waals surface area contributed by atoms with Crippen LogP contribution in [0.3, 0.4) is 0 Å². The van der Waals surface area contributed by atoms with E-state index in [1.165, 1.54) is 64.4 Å². The second-order valence-electron chi connectivity index (χ2n) is 13.3. The van der Waals surface area contributed by atoms with Gasteiger partial charge < -0.3 is 9.47 Å². The maximum atomic E-state index is 2.43. The lowest BCUT2D eigenvalue weighted by molar-refractivity contribution is 0.849. The number of hydrogen-bond donors (Lipinski definition) is 0. The third kappa shape index (κ3) is 5.09. The molecule has 0 saturated heterocycles. The molecule has 10 rings (SSSR count). The average Bonchev–Trinajstić information content (AvgIpc) is 3.75. The molecule has 1 atom stereocenters. The fraction of sp³-hybridized carbons (Fsp3) is 0.0417. The van der Waals surface area contributed by atoms with E-state index in [9.17, 15) is 0 Å². The van der Waals surface area contributed by atoms with Gasteiger partial charge in [-0.15, -0.1) is 11.3 Å². The zero-order valence-corrected chi connectivity index (χ0v) is 28.8. The molecule has 2 aromatic heterocycles. The zero-order chi connectivity index (χ0) is 33.7. The van der Waals surface area contributed by atoms with Crippen molar-refractivity contribution >= 4 is 64.7 Å². The van der Waals surface area contributed by atoms with Crippen LogP contribution in [-0.2, 0) is 0 Å². The summed E-state index contributed by atoms with van der Waals surface area (Å²) in [5.41, 5.74) is 10.9. The maximum Gasteiger partial charge on any atom is 0.0542 e. The van der Waals surface area contributed by atoms with Crippen LogP contribution in [0.4, 0.5) is 11.4 Å². The monoisotopic (exact) mass is 670 g/mol. The van der Waals surface area contributed by atoms with Gasteiger partial charge in [0.1, 0.15) is 0 Å². The molecule has 242 valence electrons. The second kappa shape index (κ2) is 12.3. The van der Waals surface area contributed by atoms with Crippen LogP contribution >= 0.6 is 11.3 Å². The van der Waals surface area contributed by atoms with Crippen LogP contribution in [0.15, 0.2) is 194 Å². The fourth-order valence-corrected chi connectivity index (χ4v) is 9.19. The Hall–Kier alpha value is -6.16. The summed E-state index contributed by atoms with van der Waals surface area (Å²) in [6, 6.07) is 61.6. The molecule has 2 nitrogen and oxygen atoms in total. The van der Waals surface area contributed by atoms with Crippen LogP contribution in [0.2, 0.25) is 0 Å². The molecule has 0 spiro atoms. The van der Waals surface area contributed by atoms with Crippen LogP contribution in [-0.4, -0.2) is 4.57 Å². The Morgan fingerprint density at radius 2 is 1.22 bits per heavy atom. The minimum Gasteiger partial charge on any atom is -0.311 e. The Morgan fingerprint density at radius 3 is 2.00 bits per heavy atom. The summed E-state index contributed by atoms with van der Waals surface area (Å²) >= 11 is 1.92. The smallest absolute Gasteiger partial charge is 0.0542 e. The van der Waals surface area contributed by atoms with Gasteiger partial charge in [-0.3, -0.25) is 0 Å². The standard InChI is InChI=1S/C48H34N2S/c1-4-13-33(14-5-1)35-25-29-45-43(31-35)44-32-39(28-30-46(44)50(45)37-17-8-3-9-18-37)49(36-15-6-2-7-16-36)38-26-23-34(24-27-38)40-20-12-21-42-41-19-10-11-22-47(41)51-48(40)42/h1-23,25-32,34H,24H2. The molecule has 1 aliphatic carbocycles. The number of para-hydroxylation sites is 2. The van der Waals surface area contributed by atoms with Gasteiger partial charge in [-0.2, -0.15) is 0 Å². The van der Waals surface area contributed by atoms with Gasteiger partial charge in [-0.25, -0.2) is 0 Å². The van der Waals surface area contributed by atoms with Crippen molar-refractivity contribution < 1.29 is 0 Å². The Balaban J connectivity index is 1.10. The predicted molar refractivity (Wildman–Crippen MR) is 219 cm³/mol. The molecule has 1 aliphatic rings. The first-order chi connectivity index (χ1) is 25.3. The molecule has 2 heterocycles. The Kier molecular flexibility index (Phi) is 7.18. The van der Waals surface area contributed by atoms with E-state index in [2.05, 4.69) is 198 Å². The quantitative estimate of drug-likeness (QED) is 0.171. The van der Waals surface area contributed by atoms with Gasteiger partial charge >= 0.3 is 0 Å². The lowest BCUT2D eigenvalue weighted by Gasteiger charge is -2.29. The van der Waals surface area contributed by atoms with Crippen molar-refractivity contribution in [2.24, 2.45) is 0 Å². The van der Waals surface area contributed by atoms with Gasteiger partial charge in [0.2, 0.25) is 0 Å². The number of fused-ring (bicyclic) bond motifs is 6. The van der Waals surface area contributed by atoms with E-state index in [4.69, 9.17) is 0 Å². The van der Waals surface area contributed by atoms with Crippen molar-refractivity contribution in [1.29, 1.82) is 0 Å². The van der Waals surface area contributed by atoms with Gasteiger partial charge in [-0.1, -0.05) is 121 Å². The number of benzene rings is 7. The van der Waals surface area contributed by atoms with Crippen LogP contribution in [0.25, 0.3) is 58.8 Å². The highest BCUT2D eigenvalue weighted by Crippen LogP contribution is 2.43. The Bertz CT molecular complexity index is 2770. The molecule has 9 aromatic rings. The molecule has 0 saturated carbocycles. The van der Waals surface area contributed by atoms with Gasteiger partial charge in [-0.05, 0) is 89.9 Å². The van der Waals surface area contributed by atoms with E-state index in [1.54, 1.807) is 0 Å². The Morgan fingerprint density at radius 1 is 0.529 bits per heavy atom. The minimum atomic E-state index is 0.325. The number of nitrogens with zero attached hydrogens (tertiary/aromatic N) is 2. The largest absolute Gasteiger partial charge is 0.311 e. The Labute approximate surface area is 301 Å². The van der Waals surface area contributed by atoms with Crippen molar-refractivity contribution in [2.75, 3.05) is 4.90 Å². The van der Waals surface area contributed by atoms with Crippen molar-refractivity contribution in [3.63, 3.8) is 0 Å². The normalized spacial score (nSPS) is 14.4. The van der Waals surface area contributed by atoms with Crippen LogP contribution < -0.4 is 4.90 Å².